The van der Waals surface area contributed by atoms with Crippen LogP contribution in [0.25, 0.3) is 0 Å². The summed E-state index contributed by atoms with van der Waals surface area (Å²) >= 11 is 0. The van der Waals surface area contributed by atoms with Crippen LogP contribution in [0.15, 0.2) is 36.4 Å². The first-order chi connectivity index (χ1) is 9.61. The molecule has 1 aromatic heterocycles. The number of aromatic nitrogens is 1. The van der Waals surface area contributed by atoms with Crippen molar-refractivity contribution in [1.82, 2.24) is 4.98 Å². The van der Waals surface area contributed by atoms with Gasteiger partial charge in [0, 0.05) is 22.5 Å². The van der Waals surface area contributed by atoms with E-state index in [1.807, 2.05) is 26.0 Å². The van der Waals surface area contributed by atoms with E-state index in [2.05, 4.69) is 4.98 Å². The Morgan fingerprint density at radius 2 is 1.65 bits per heavy atom. The van der Waals surface area contributed by atoms with E-state index in [1.165, 1.54) is 0 Å². The third kappa shape index (κ3) is 1.86. The monoisotopic (exact) mass is 265 g/mol. The van der Waals surface area contributed by atoms with Crippen LogP contribution in [0, 0.1) is 6.92 Å². The quantitative estimate of drug-likeness (QED) is 0.784. The Labute approximate surface area is 117 Å². The summed E-state index contributed by atoms with van der Waals surface area (Å²) in [5.74, 6) is -0.893. The predicted octanol–water partition coefficient (Wildman–Crippen LogP) is 3.12. The zero-order valence-electron chi connectivity index (χ0n) is 11.5. The van der Waals surface area contributed by atoms with Gasteiger partial charge in [-0.25, -0.2) is 0 Å². The van der Waals surface area contributed by atoms with Crippen LogP contribution >= 0.6 is 0 Å². The van der Waals surface area contributed by atoms with Crippen LogP contribution in [-0.2, 0) is 6.42 Å². The van der Waals surface area contributed by atoms with Gasteiger partial charge >= 0.3 is 0 Å². The van der Waals surface area contributed by atoms with Crippen LogP contribution in [0.3, 0.4) is 0 Å². The van der Waals surface area contributed by atoms with Gasteiger partial charge in [-0.1, -0.05) is 31.2 Å². The second kappa shape index (κ2) is 4.67. The molecule has 0 amide bonds. The molecule has 1 aliphatic carbocycles. The minimum Gasteiger partial charge on any atom is -0.293 e. The number of Topliss-reactive ketones (excluding diaryl/α,β-unsaturated/α-hetero) is 2. The van der Waals surface area contributed by atoms with Crippen molar-refractivity contribution < 1.29 is 9.59 Å². The highest BCUT2D eigenvalue weighted by Gasteiger charge is 2.39. The molecule has 0 radical (unpaired) electrons. The number of rotatable bonds is 2. The zero-order valence-corrected chi connectivity index (χ0v) is 11.5. The van der Waals surface area contributed by atoms with Crippen molar-refractivity contribution >= 4 is 11.6 Å². The highest BCUT2D eigenvalue weighted by molar-refractivity contribution is 6.29. The third-order valence-electron chi connectivity index (χ3n) is 3.71. The van der Waals surface area contributed by atoms with E-state index in [-0.39, 0.29) is 11.6 Å². The number of carbonyl (C=O) groups excluding carboxylic acids is 2. The number of hydrogen-bond donors (Lipinski definition) is 0. The first kappa shape index (κ1) is 12.7. The lowest BCUT2D eigenvalue weighted by Gasteiger charge is -2.10. The lowest BCUT2D eigenvalue weighted by atomic mass is 9.93. The summed E-state index contributed by atoms with van der Waals surface area (Å²) in [6.07, 6.45) is 0.788. The number of pyridine rings is 1. The van der Waals surface area contributed by atoms with Gasteiger partial charge in [-0.3, -0.25) is 14.6 Å². The topological polar surface area (TPSA) is 47.0 Å². The molecule has 2 aromatic rings. The van der Waals surface area contributed by atoms with Crippen molar-refractivity contribution in [2.24, 2.45) is 0 Å². The van der Waals surface area contributed by atoms with Gasteiger partial charge in [0.2, 0.25) is 0 Å². The molecule has 1 aliphatic rings. The van der Waals surface area contributed by atoms with Gasteiger partial charge in [-0.2, -0.15) is 0 Å². The molecule has 0 atom stereocenters. The minimum atomic E-state index is -0.695. The van der Waals surface area contributed by atoms with E-state index < -0.39 is 5.92 Å². The van der Waals surface area contributed by atoms with E-state index in [0.717, 1.165) is 23.4 Å². The first-order valence-electron chi connectivity index (χ1n) is 6.76. The molecule has 1 aromatic carbocycles. The largest absolute Gasteiger partial charge is 0.293 e. The van der Waals surface area contributed by atoms with Crippen LogP contribution in [0.2, 0.25) is 0 Å². The molecule has 3 heteroatoms. The summed E-state index contributed by atoms with van der Waals surface area (Å²) in [4.78, 5) is 29.4. The van der Waals surface area contributed by atoms with Crippen molar-refractivity contribution in [3.8, 4) is 0 Å². The smallest absolute Gasteiger partial charge is 0.178 e. The molecule has 0 bridgehead atoms. The molecule has 3 nitrogen and oxygen atoms in total. The number of carbonyl (C=O) groups is 2. The first-order valence-corrected chi connectivity index (χ1v) is 6.76. The molecule has 20 heavy (non-hydrogen) atoms. The van der Waals surface area contributed by atoms with Gasteiger partial charge in [0.15, 0.2) is 11.6 Å². The maximum absolute atomic E-state index is 12.5. The molecule has 0 N–H and O–H groups in total. The molecule has 0 aliphatic heterocycles. The zero-order chi connectivity index (χ0) is 14.3. The maximum atomic E-state index is 12.5. The standard InChI is InChI=1S/C17H15NO2/c1-3-12-9-11(8-10(2)18-12)15-16(19)13-6-4-5-7-14(13)17(15)20/h4-9,15H,3H2,1-2H3. The van der Waals surface area contributed by atoms with Gasteiger partial charge in [-0.05, 0) is 31.0 Å². The summed E-state index contributed by atoms with van der Waals surface area (Å²) in [5, 5.41) is 0. The molecule has 0 fully saturated rings. The SMILES string of the molecule is CCc1cc(C2C(=O)c3ccccc3C2=O)cc(C)n1. The lowest BCUT2D eigenvalue weighted by molar-refractivity contribution is 0.0890. The van der Waals surface area contributed by atoms with Crippen molar-refractivity contribution in [2.75, 3.05) is 0 Å². The fraction of sp³-hybridized carbons (Fsp3) is 0.235. The van der Waals surface area contributed by atoms with E-state index in [1.54, 1.807) is 24.3 Å². The van der Waals surface area contributed by atoms with Crippen molar-refractivity contribution in [2.45, 2.75) is 26.2 Å². The highest BCUT2D eigenvalue weighted by Crippen LogP contribution is 2.34. The Kier molecular flexibility index (Phi) is 2.97. The van der Waals surface area contributed by atoms with E-state index in [0.29, 0.717) is 11.1 Å². The predicted molar refractivity (Wildman–Crippen MR) is 76.2 cm³/mol. The number of hydrogen-bond acceptors (Lipinski definition) is 3. The molecule has 0 saturated heterocycles. The Balaban J connectivity index is 2.11. The molecular weight excluding hydrogens is 250 g/mol. The van der Waals surface area contributed by atoms with Crippen LogP contribution in [-0.4, -0.2) is 16.6 Å². The lowest BCUT2D eigenvalue weighted by Crippen LogP contribution is -2.14. The van der Waals surface area contributed by atoms with Crippen molar-refractivity contribution in [3.05, 3.63) is 64.5 Å². The van der Waals surface area contributed by atoms with Crippen molar-refractivity contribution in [1.29, 1.82) is 0 Å². The molecule has 0 spiro atoms. The summed E-state index contributed by atoms with van der Waals surface area (Å²) < 4.78 is 0. The average molecular weight is 265 g/mol. The van der Waals surface area contributed by atoms with Gasteiger partial charge in [0.05, 0.1) is 0 Å². The van der Waals surface area contributed by atoms with Gasteiger partial charge in [0.1, 0.15) is 5.92 Å². The summed E-state index contributed by atoms with van der Waals surface area (Å²) in [7, 11) is 0. The van der Waals surface area contributed by atoms with Crippen LogP contribution in [0.4, 0.5) is 0 Å². The molecule has 0 unspecified atom stereocenters. The fourth-order valence-corrected chi connectivity index (χ4v) is 2.76. The van der Waals surface area contributed by atoms with Gasteiger partial charge < -0.3 is 0 Å². The van der Waals surface area contributed by atoms with Crippen molar-refractivity contribution in [3.63, 3.8) is 0 Å². The van der Waals surface area contributed by atoms with Gasteiger partial charge in [0.25, 0.3) is 0 Å². The number of fused-ring (bicyclic) bond motifs is 1. The minimum absolute atomic E-state index is 0.0988. The molecule has 0 saturated carbocycles. The van der Waals surface area contributed by atoms with Crippen LogP contribution in [0.1, 0.15) is 50.5 Å². The van der Waals surface area contributed by atoms with Gasteiger partial charge in [-0.15, -0.1) is 0 Å². The summed E-state index contributed by atoms with van der Waals surface area (Å²) in [6, 6.07) is 10.8. The molecular formula is C17H15NO2. The number of benzene rings is 1. The van der Waals surface area contributed by atoms with E-state index >= 15 is 0 Å². The Hall–Kier alpha value is -2.29. The number of nitrogens with zero attached hydrogens (tertiary/aromatic N) is 1. The molecule has 3 rings (SSSR count). The Bertz CT molecular complexity index is 684. The second-order valence-corrected chi connectivity index (χ2v) is 5.09. The van der Waals surface area contributed by atoms with Crippen LogP contribution < -0.4 is 0 Å². The number of ketones is 2. The van der Waals surface area contributed by atoms with E-state index in [4.69, 9.17) is 0 Å². The second-order valence-electron chi connectivity index (χ2n) is 5.09. The summed E-state index contributed by atoms with van der Waals surface area (Å²) in [5.41, 5.74) is 3.60. The maximum Gasteiger partial charge on any atom is 0.178 e. The average Bonchev–Trinajstić information content (AvgIpc) is 2.71. The third-order valence-corrected chi connectivity index (χ3v) is 3.71. The molecule has 1 heterocycles. The normalized spacial score (nSPS) is 14.7. The Morgan fingerprint density at radius 1 is 1.05 bits per heavy atom. The highest BCUT2D eigenvalue weighted by atomic mass is 16.2. The summed E-state index contributed by atoms with van der Waals surface area (Å²) in [6.45, 7) is 3.90. The fourth-order valence-electron chi connectivity index (χ4n) is 2.76. The van der Waals surface area contributed by atoms with E-state index in [9.17, 15) is 9.59 Å². The number of aryl methyl sites for hydroxylation is 2. The van der Waals surface area contributed by atoms with Crippen LogP contribution in [0.5, 0.6) is 0 Å². The Morgan fingerprint density at radius 3 is 2.20 bits per heavy atom. The molecule has 100 valence electrons.